The Morgan fingerprint density at radius 2 is 2.56 bits per heavy atom. The van der Waals surface area contributed by atoms with Crippen LogP contribution in [0.25, 0.3) is 0 Å². The number of aromatic nitrogens is 1. The van der Waals surface area contributed by atoms with Gasteiger partial charge in [0, 0.05) is 30.7 Å². The zero-order valence-electron chi connectivity index (χ0n) is 9.82. The maximum absolute atomic E-state index is 5.42. The van der Waals surface area contributed by atoms with Gasteiger partial charge in [0.1, 0.15) is 5.01 Å². The molecule has 0 amide bonds. The van der Waals surface area contributed by atoms with Crippen LogP contribution in [-0.4, -0.2) is 37.3 Å². The molecule has 4 nitrogen and oxygen atoms in total. The largest absolute Gasteiger partial charge is 0.378 e. The zero-order chi connectivity index (χ0) is 11.4. The molecule has 0 bridgehead atoms. The van der Waals surface area contributed by atoms with Gasteiger partial charge in [-0.05, 0) is 13.8 Å². The Bertz CT molecular complexity index is 307. The van der Waals surface area contributed by atoms with Crippen molar-refractivity contribution in [2.45, 2.75) is 25.4 Å². The quantitative estimate of drug-likeness (QED) is 0.824. The summed E-state index contributed by atoms with van der Waals surface area (Å²) in [5, 5.41) is 10.1. The minimum absolute atomic E-state index is 0.0622. The molecule has 0 aliphatic carbocycles. The molecule has 2 heterocycles. The van der Waals surface area contributed by atoms with E-state index in [1.54, 1.807) is 11.3 Å². The van der Waals surface area contributed by atoms with Gasteiger partial charge in [-0.15, -0.1) is 11.3 Å². The standard InChI is InChI=1S/C11H19N3OS/c1-11(2,10-13-4-6-16-10)14-7-9-8-15-5-3-12-9/h4,6,9,12,14H,3,5,7-8H2,1-2H3. The van der Waals surface area contributed by atoms with Crippen molar-refractivity contribution in [2.24, 2.45) is 0 Å². The number of morpholine rings is 1. The zero-order valence-corrected chi connectivity index (χ0v) is 10.6. The van der Waals surface area contributed by atoms with E-state index in [9.17, 15) is 0 Å². The average molecular weight is 241 g/mol. The predicted molar refractivity (Wildman–Crippen MR) is 65.8 cm³/mol. The van der Waals surface area contributed by atoms with Crippen molar-refractivity contribution in [3.8, 4) is 0 Å². The summed E-state index contributed by atoms with van der Waals surface area (Å²) in [6, 6.07) is 0.410. The first-order valence-corrected chi connectivity index (χ1v) is 6.52. The van der Waals surface area contributed by atoms with Gasteiger partial charge in [0.15, 0.2) is 0 Å². The molecule has 0 saturated carbocycles. The molecule has 0 spiro atoms. The van der Waals surface area contributed by atoms with Crippen molar-refractivity contribution in [2.75, 3.05) is 26.3 Å². The van der Waals surface area contributed by atoms with E-state index < -0.39 is 0 Å². The van der Waals surface area contributed by atoms with Crippen molar-refractivity contribution in [1.82, 2.24) is 15.6 Å². The van der Waals surface area contributed by atoms with Gasteiger partial charge >= 0.3 is 0 Å². The highest BCUT2D eigenvalue weighted by molar-refractivity contribution is 7.09. The lowest BCUT2D eigenvalue weighted by molar-refractivity contribution is 0.0742. The molecule has 5 heteroatoms. The van der Waals surface area contributed by atoms with Gasteiger partial charge in [0.05, 0.1) is 18.8 Å². The number of thiazole rings is 1. The van der Waals surface area contributed by atoms with E-state index in [0.717, 1.165) is 31.3 Å². The van der Waals surface area contributed by atoms with Crippen LogP contribution in [0.1, 0.15) is 18.9 Å². The van der Waals surface area contributed by atoms with E-state index in [-0.39, 0.29) is 5.54 Å². The first-order valence-electron chi connectivity index (χ1n) is 5.64. The predicted octanol–water partition coefficient (Wildman–Crippen LogP) is 0.956. The Morgan fingerprint density at radius 1 is 1.69 bits per heavy atom. The van der Waals surface area contributed by atoms with Gasteiger partial charge in [-0.1, -0.05) is 0 Å². The second kappa shape index (κ2) is 5.23. The van der Waals surface area contributed by atoms with Crippen molar-refractivity contribution < 1.29 is 4.74 Å². The van der Waals surface area contributed by atoms with Crippen LogP contribution < -0.4 is 10.6 Å². The molecular formula is C11H19N3OS. The molecule has 0 aromatic carbocycles. The molecule has 2 rings (SSSR count). The highest BCUT2D eigenvalue weighted by Gasteiger charge is 2.24. The van der Waals surface area contributed by atoms with Gasteiger partial charge in [0.25, 0.3) is 0 Å². The molecule has 1 unspecified atom stereocenters. The van der Waals surface area contributed by atoms with Gasteiger partial charge < -0.3 is 15.4 Å². The molecule has 90 valence electrons. The molecule has 1 atom stereocenters. The average Bonchev–Trinajstić information content (AvgIpc) is 2.82. The van der Waals surface area contributed by atoms with E-state index in [2.05, 4.69) is 29.5 Å². The highest BCUT2D eigenvalue weighted by Crippen LogP contribution is 2.21. The lowest BCUT2D eigenvalue weighted by Crippen LogP contribution is -2.50. The van der Waals surface area contributed by atoms with Crippen LogP contribution in [0.5, 0.6) is 0 Å². The lowest BCUT2D eigenvalue weighted by atomic mass is 10.1. The summed E-state index contributed by atoms with van der Waals surface area (Å²) >= 11 is 1.69. The highest BCUT2D eigenvalue weighted by atomic mass is 32.1. The van der Waals surface area contributed by atoms with Gasteiger partial charge in [-0.25, -0.2) is 4.98 Å². The normalized spacial score (nSPS) is 22.2. The summed E-state index contributed by atoms with van der Waals surface area (Å²) in [5.41, 5.74) is -0.0622. The molecule has 1 saturated heterocycles. The minimum Gasteiger partial charge on any atom is -0.378 e. The molecule has 1 aromatic rings. The van der Waals surface area contributed by atoms with E-state index in [4.69, 9.17) is 4.74 Å². The second-order valence-electron chi connectivity index (χ2n) is 4.57. The summed E-state index contributed by atoms with van der Waals surface area (Å²) in [6.07, 6.45) is 1.85. The Balaban J connectivity index is 1.84. The molecule has 1 aliphatic heterocycles. The van der Waals surface area contributed by atoms with Gasteiger partial charge in [-0.3, -0.25) is 0 Å². The number of hydrogen-bond donors (Lipinski definition) is 2. The minimum atomic E-state index is -0.0622. The summed E-state index contributed by atoms with van der Waals surface area (Å²) < 4.78 is 5.42. The Kier molecular flexibility index (Phi) is 3.91. The van der Waals surface area contributed by atoms with Crippen LogP contribution in [0.15, 0.2) is 11.6 Å². The third kappa shape index (κ3) is 3.01. The molecule has 1 aliphatic rings. The molecule has 2 N–H and O–H groups in total. The Hall–Kier alpha value is -0.490. The third-order valence-electron chi connectivity index (χ3n) is 2.76. The molecule has 0 radical (unpaired) electrons. The molecular weight excluding hydrogens is 222 g/mol. The third-order valence-corrected chi connectivity index (χ3v) is 3.85. The fourth-order valence-electron chi connectivity index (χ4n) is 1.74. The summed E-state index contributed by atoms with van der Waals surface area (Å²) in [4.78, 5) is 4.36. The van der Waals surface area contributed by atoms with E-state index in [1.807, 2.05) is 11.6 Å². The van der Waals surface area contributed by atoms with Crippen LogP contribution in [0, 0.1) is 0 Å². The number of ether oxygens (including phenoxy) is 1. The second-order valence-corrected chi connectivity index (χ2v) is 5.46. The van der Waals surface area contributed by atoms with Crippen molar-refractivity contribution >= 4 is 11.3 Å². The number of rotatable bonds is 4. The maximum Gasteiger partial charge on any atom is 0.112 e. The van der Waals surface area contributed by atoms with Gasteiger partial charge in [-0.2, -0.15) is 0 Å². The monoisotopic (exact) mass is 241 g/mol. The first-order chi connectivity index (χ1) is 7.68. The number of nitrogens with one attached hydrogen (secondary N) is 2. The van der Waals surface area contributed by atoms with Crippen LogP contribution in [-0.2, 0) is 10.3 Å². The fourth-order valence-corrected chi connectivity index (χ4v) is 2.48. The van der Waals surface area contributed by atoms with Crippen molar-refractivity contribution in [3.05, 3.63) is 16.6 Å². The lowest BCUT2D eigenvalue weighted by Gasteiger charge is -2.29. The summed E-state index contributed by atoms with van der Waals surface area (Å²) in [7, 11) is 0. The van der Waals surface area contributed by atoms with Crippen LogP contribution in [0.4, 0.5) is 0 Å². The van der Waals surface area contributed by atoms with Gasteiger partial charge in [0.2, 0.25) is 0 Å². The smallest absolute Gasteiger partial charge is 0.112 e. The maximum atomic E-state index is 5.42. The van der Waals surface area contributed by atoms with E-state index >= 15 is 0 Å². The Morgan fingerprint density at radius 3 is 3.19 bits per heavy atom. The number of hydrogen-bond acceptors (Lipinski definition) is 5. The van der Waals surface area contributed by atoms with E-state index in [0.29, 0.717) is 6.04 Å². The summed E-state index contributed by atoms with van der Waals surface area (Å²) in [5.74, 6) is 0. The topological polar surface area (TPSA) is 46.2 Å². The first kappa shape index (κ1) is 12.0. The SMILES string of the molecule is CC(C)(NCC1COCCN1)c1nccs1. The van der Waals surface area contributed by atoms with Crippen LogP contribution in [0.3, 0.4) is 0 Å². The molecule has 1 aromatic heterocycles. The van der Waals surface area contributed by atoms with E-state index in [1.165, 1.54) is 0 Å². The number of nitrogens with zero attached hydrogens (tertiary/aromatic N) is 1. The molecule has 1 fully saturated rings. The Labute approximate surface area is 100 Å². The van der Waals surface area contributed by atoms with Crippen molar-refractivity contribution in [1.29, 1.82) is 0 Å². The summed E-state index contributed by atoms with van der Waals surface area (Å²) in [6.45, 7) is 7.80. The van der Waals surface area contributed by atoms with Crippen LogP contribution >= 0.6 is 11.3 Å². The van der Waals surface area contributed by atoms with Crippen LogP contribution in [0.2, 0.25) is 0 Å². The molecule has 16 heavy (non-hydrogen) atoms. The van der Waals surface area contributed by atoms with Crippen molar-refractivity contribution in [3.63, 3.8) is 0 Å². The fraction of sp³-hybridized carbons (Fsp3) is 0.727.